The number of imidazole rings is 1. The highest BCUT2D eigenvalue weighted by atomic mass is 19.1. The van der Waals surface area contributed by atoms with Gasteiger partial charge in [0.1, 0.15) is 11.6 Å². The van der Waals surface area contributed by atoms with Gasteiger partial charge in [-0.25, -0.2) is 9.37 Å². The topological polar surface area (TPSA) is 67.6 Å². The molecule has 1 atom stereocenters. The van der Waals surface area contributed by atoms with Crippen LogP contribution in [0.15, 0.2) is 42.5 Å². The van der Waals surface area contributed by atoms with Crippen molar-refractivity contribution in [2.75, 3.05) is 0 Å². The SMILES string of the molecule is C[C@@H](N)c1nc2ccc(F)cc2n1-c1cccc(C#N)c1. The van der Waals surface area contributed by atoms with E-state index >= 15 is 0 Å². The molecule has 4 nitrogen and oxygen atoms in total. The van der Waals surface area contributed by atoms with Crippen LogP contribution in [0.4, 0.5) is 4.39 Å². The second-order valence-corrected chi connectivity index (χ2v) is 4.89. The minimum Gasteiger partial charge on any atom is -0.322 e. The molecule has 0 bridgehead atoms. The van der Waals surface area contributed by atoms with E-state index in [9.17, 15) is 4.39 Å². The smallest absolute Gasteiger partial charge is 0.131 e. The molecule has 0 radical (unpaired) electrons. The molecule has 0 amide bonds. The Labute approximate surface area is 121 Å². The number of hydrogen-bond donors (Lipinski definition) is 1. The number of hydrogen-bond acceptors (Lipinski definition) is 3. The van der Waals surface area contributed by atoms with Gasteiger partial charge in [0.2, 0.25) is 0 Å². The molecular formula is C16H13FN4. The Hall–Kier alpha value is -2.71. The first-order valence-electron chi connectivity index (χ1n) is 6.54. The molecule has 5 heteroatoms. The van der Waals surface area contributed by atoms with Gasteiger partial charge in [0.15, 0.2) is 0 Å². The monoisotopic (exact) mass is 280 g/mol. The van der Waals surface area contributed by atoms with Crippen LogP contribution in [0.2, 0.25) is 0 Å². The van der Waals surface area contributed by atoms with Gasteiger partial charge in [0.25, 0.3) is 0 Å². The number of nitriles is 1. The first-order valence-corrected chi connectivity index (χ1v) is 6.54. The lowest BCUT2D eigenvalue weighted by molar-refractivity contribution is 0.629. The fourth-order valence-electron chi connectivity index (χ4n) is 2.36. The minimum absolute atomic E-state index is 0.314. The summed E-state index contributed by atoms with van der Waals surface area (Å²) in [6.07, 6.45) is 0. The van der Waals surface area contributed by atoms with Gasteiger partial charge in [-0.2, -0.15) is 5.26 Å². The maximum atomic E-state index is 13.6. The van der Waals surface area contributed by atoms with E-state index in [1.807, 2.05) is 13.0 Å². The van der Waals surface area contributed by atoms with Gasteiger partial charge in [-0.05, 0) is 37.3 Å². The van der Waals surface area contributed by atoms with Crippen LogP contribution in [0.1, 0.15) is 24.4 Å². The zero-order chi connectivity index (χ0) is 15.0. The number of fused-ring (bicyclic) bond motifs is 1. The Morgan fingerprint density at radius 1 is 1.29 bits per heavy atom. The zero-order valence-corrected chi connectivity index (χ0v) is 11.4. The number of halogens is 1. The average molecular weight is 280 g/mol. The fourth-order valence-corrected chi connectivity index (χ4v) is 2.36. The predicted molar refractivity (Wildman–Crippen MR) is 78.3 cm³/mol. The summed E-state index contributed by atoms with van der Waals surface area (Å²) in [5.74, 6) is 0.294. The molecular weight excluding hydrogens is 267 g/mol. The molecule has 0 aliphatic carbocycles. The van der Waals surface area contributed by atoms with Crippen molar-refractivity contribution in [2.24, 2.45) is 5.73 Å². The average Bonchev–Trinajstić information content (AvgIpc) is 2.86. The van der Waals surface area contributed by atoms with Crippen molar-refractivity contribution in [1.82, 2.24) is 9.55 Å². The molecule has 0 aliphatic rings. The van der Waals surface area contributed by atoms with E-state index in [4.69, 9.17) is 11.0 Å². The van der Waals surface area contributed by atoms with Crippen LogP contribution in [-0.2, 0) is 0 Å². The largest absolute Gasteiger partial charge is 0.322 e. The molecule has 2 aromatic carbocycles. The van der Waals surface area contributed by atoms with Crippen LogP contribution in [0.5, 0.6) is 0 Å². The summed E-state index contributed by atoms with van der Waals surface area (Å²) in [4.78, 5) is 4.47. The number of rotatable bonds is 2. The van der Waals surface area contributed by atoms with E-state index < -0.39 is 0 Å². The van der Waals surface area contributed by atoms with Gasteiger partial charge in [-0.3, -0.25) is 4.57 Å². The number of nitrogens with zero attached hydrogens (tertiary/aromatic N) is 3. The highest BCUT2D eigenvalue weighted by Crippen LogP contribution is 2.25. The molecule has 3 aromatic rings. The van der Waals surface area contributed by atoms with Gasteiger partial charge in [0, 0.05) is 11.8 Å². The van der Waals surface area contributed by atoms with Crippen LogP contribution in [-0.4, -0.2) is 9.55 Å². The highest BCUT2D eigenvalue weighted by Gasteiger charge is 2.16. The fraction of sp³-hybridized carbons (Fsp3) is 0.125. The maximum absolute atomic E-state index is 13.6. The van der Waals surface area contributed by atoms with Crippen molar-refractivity contribution in [3.8, 4) is 11.8 Å². The second-order valence-electron chi connectivity index (χ2n) is 4.89. The molecule has 0 aliphatic heterocycles. The van der Waals surface area contributed by atoms with Crippen molar-refractivity contribution >= 4 is 11.0 Å². The van der Waals surface area contributed by atoms with Gasteiger partial charge in [-0.1, -0.05) is 6.07 Å². The van der Waals surface area contributed by atoms with Gasteiger partial charge in [0.05, 0.1) is 28.7 Å². The van der Waals surface area contributed by atoms with E-state index in [0.717, 1.165) is 5.69 Å². The van der Waals surface area contributed by atoms with E-state index in [2.05, 4.69) is 11.1 Å². The predicted octanol–water partition coefficient (Wildman–Crippen LogP) is 3.06. The van der Waals surface area contributed by atoms with E-state index in [-0.39, 0.29) is 11.9 Å². The third-order valence-corrected chi connectivity index (χ3v) is 3.28. The first kappa shape index (κ1) is 13.3. The zero-order valence-electron chi connectivity index (χ0n) is 11.4. The lowest BCUT2D eigenvalue weighted by Crippen LogP contribution is -2.12. The van der Waals surface area contributed by atoms with Crippen molar-refractivity contribution < 1.29 is 4.39 Å². The summed E-state index contributed by atoms with van der Waals surface area (Å²) in [7, 11) is 0. The van der Waals surface area contributed by atoms with Crippen molar-refractivity contribution in [3.05, 3.63) is 59.7 Å². The van der Waals surface area contributed by atoms with Gasteiger partial charge >= 0.3 is 0 Å². The molecule has 0 fully saturated rings. The van der Waals surface area contributed by atoms with Crippen LogP contribution in [0.25, 0.3) is 16.7 Å². The Morgan fingerprint density at radius 2 is 2.10 bits per heavy atom. The van der Waals surface area contributed by atoms with Crippen molar-refractivity contribution in [1.29, 1.82) is 5.26 Å². The molecule has 0 saturated carbocycles. The standard InChI is InChI=1S/C16H13FN4/c1-10(19)16-20-14-6-5-12(17)8-15(14)21(16)13-4-2-3-11(7-13)9-18/h2-8,10H,19H2,1H3/t10-/m1/s1. The quantitative estimate of drug-likeness (QED) is 0.784. The van der Waals surface area contributed by atoms with Crippen molar-refractivity contribution in [2.45, 2.75) is 13.0 Å². The van der Waals surface area contributed by atoms with Gasteiger partial charge < -0.3 is 5.73 Å². The molecule has 21 heavy (non-hydrogen) atoms. The second kappa shape index (κ2) is 5.00. The normalized spacial score (nSPS) is 12.3. The molecule has 0 unspecified atom stereocenters. The van der Waals surface area contributed by atoms with Gasteiger partial charge in [-0.15, -0.1) is 0 Å². The summed E-state index contributed by atoms with van der Waals surface area (Å²) in [5.41, 5.74) is 8.56. The highest BCUT2D eigenvalue weighted by molar-refractivity contribution is 5.78. The first-order chi connectivity index (χ1) is 10.1. The third-order valence-electron chi connectivity index (χ3n) is 3.28. The Balaban J connectivity index is 2.35. The number of aromatic nitrogens is 2. The molecule has 1 aromatic heterocycles. The Morgan fingerprint density at radius 3 is 2.81 bits per heavy atom. The molecule has 104 valence electrons. The lowest BCUT2D eigenvalue weighted by Gasteiger charge is -2.11. The van der Waals surface area contributed by atoms with E-state index in [1.54, 1.807) is 28.8 Å². The maximum Gasteiger partial charge on any atom is 0.131 e. The molecule has 2 N–H and O–H groups in total. The molecule has 1 heterocycles. The molecule has 0 spiro atoms. The Bertz CT molecular complexity index is 858. The summed E-state index contributed by atoms with van der Waals surface area (Å²) < 4.78 is 15.4. The third kappa shape index (κ3) is 2.26. The number of nitrogens with two attached hydrogens (primary N) is 1. The van der Waals surface area contributed by atoms with E-state index in [1.165, 1.54) is 12.1 Å². The Kier molecular flexibility index (Phi) is 3.16. The summed E-state index contributed by atoms with van der Waals surface area (Å²) in [5, 5.41) is 9.04. The summed E-state index contributed by atoms with van der Waals surface area (Å²) in [6.45, 7) is 1.82. The van der Waals surface area contributed by atoms with Crippen LogP contribution in [0, 0.1) is 17.1 Å². The van der Waals surface area contributed by atoms with Crippen molar-refractivity contribution in [3.63, 3.8) is 0 Å². The minimum atomic E-state index is -0.337. The summed E-state index contributed by atoms with van der Waals surface area (Å²) in [6, 6.07) is 13.3. The number of benzene rings is 2. The van der Waals surface area contributed by atoms with E-state index in [0.29, 0.717) is 22.4 Å². The lowest BCUT2D eigenvalue weighted by atomic mass is 10.2. The molecule has 0 saturated heterocycles. The van der Waals surface area contributed by atoms with Crippen LogP contribution >= 0.6 is 0 Å². The van der Waals surface area contributed by atoms with Crippen LogP contribution in [0.3, 0.4) is 0 Å². The summed E-state index contributed by atoms with van der Waals surface area (Å²) >= 11 is 0. The molecule has 3 rings (SSSR count). The van der Waals surface area contributed by atoms with Crippen LogP contribution < -0.4 is 5.73 Å².